The molecule has 2 rings (SSSR count). The van der Waals surface area contributed by atoms with Gasteiger partial charge in [-0.05, 0) is 26.0 Å². The minimum atomic E-state index is -0.522. The number of aromatic nitrogens is 1. The summed E-state index contributed by atoms with van der Waals surface area (Å²) >= 11 is 3.43. The molecular formula is C15H18BrN2O3+. The first-order valence-electron chi connectivity index (χ1n) is 6.76. The van der Waals surface area contributed by atoms with Crippen LogP contribution in [-0.4, -0.2) is 30.3 Å². The monoisotopic (exact) mass is 353 g/mol. The number of hydrogen-bond donors (Lipinski definition) is 2. The van der Waals surface area contributed by atoms with Gasteiger partial charge in [0.1, 0.15) is 5.56 Å². The number of hydrogen-bond acceptors (Lipinski definition) is 4. The van der Waals surface area contributed by atoms with Gasteiger partial charge >= 0.3 is 5.97 Å². The summed E-state index contributed by atoms with van der Waals surface area (Å²) in [4.78, 5) is 15.2. The highest BCUT2D eigenvalue weighted by Crippen LogP contribution is 2.27. The summed E-state index contributed by atoms with van der Waals surface area (Å²) in [7, 11) is 0. The van der Waals surface area contributed by atoms with Crippen LogP contribution >= 0.6 is 15.9 Å². The van der Waals surface area contributed by atoms with Gasteiger partial charge in [0.15, 0.2) is 6.20 Å². The van der Waals surface area contributed by atoms with Crippen molar-refractivity contribution in [2.45, 2.75) is 20.0 Å². The van der Waals surface area contributed by atoms with Gasteiger partial charge in [0.05, 0.1) is 23.8 Å². The largest absolute Gasteiger partial charge is 0.462 e. The van der Waals surface area contributed by atoms with E-state index in [1.807, 2.05) is 18.2 Å². The van der Waals surface area contributed by atoms with Gasteiger partial charge < -0.3 is 15.2 Å². The number of benzene rings is 1. The van der Waals surface area contributed by atoms with E-state index in [-0.39, 0.29) is 0 Å². The van der Waals surface area contributed by atoms with E-state index in [1.54, 1.807) is 20.0 Å². The number of pyridine rings is 1. The fourth-order valence-corrected chi connectivity index (χ4v) is 2.39. The lowest BCUT2D eigenvalue weighted by Gasteiger charge is -2.13. The number of esters is 1. The van der Waals surface area contributed by atoms with Gasteiger partial charge in [0, 0.05) is 17.1 Å². The van der Waals surface area contributed by atoms with E-state index in [0.29, 0.717) is 24.4 Å². The second-order valence-electron chi connectivity index (χ2n) is 4.72. The molecule has 5 nitrogen and oxygen atoms in total. The number of carbonyl (C=O) groups is 1. The van der Waals surface area contributed by atoms with Gasteiger partial charge in [-0.2, -0.15) is 0 Å². The molecule has 1 aromatic carbocycles. The first-order chi connectivity index (χ1) is 10.0. The number of halogens is 1. The molecule has 21 heavy (non-hydrogen) atoms. The quantitative estimate of drug-likeness (QED) is 0.809. The maximum Gasteiger partial charge on any atom is 0.346 e. The van der Waals surface area contributed by atoms with Crippen molar-refractivity contribution >= 4 is 38.5 Å². The minimum Gasteiger partial charge on any atom is -0.462 e. The summed E-state index contributed by atoms with van der Waals surface area (Å²) in [5.74, 6) is -0.399. The van der Waals surface area contributed by atoms with Gasteiger partial charge in [-0.3, -0.25) is 0 Å². The summed E-state index contributed by atoms with van der Waals surface area (Å²) in [5.41, 5.74) is 1.96. The minimum absolute atomic E-state index is 0.311. The number of aliphatic hydroxyl groups excluding tert-OH is 1. The third kappa shape index (κ3) is 3.71. The number of H-pyrrole nitrogens is 1. The first-order valence-corrected chi connectivity index (χ1v) is 7.55. The molecule has 0 saturated heterocycles. The lowest BCUT2D eigenvalue weighted by atomic mass is 10.1. The molecule has 0 amide bonds. The zero-order chi connectivity index (χ0) is 15.4. The Kier molecular flexibility index (Phi) is 5.14. The van der Waals surface area contributed by atoms with Crippen LogP contribution in [0.3, 0.4) is 0 Å². The maximum atomic E-state index is 12.1. The van der Waals surface area contributed by atoms with E-state index in [4.69, 9.17) is 4.74 Å². The third-order valence-corrected chi connectivity index (χ3v) is 3.46. The average molecular weight is 354 g/mol. The van der Waals surface area contributed by atoms with Crippen molar-refractivity contribution in [1.82, 2.24) is 0 Å². The smallest absolute Gasteiger partial charge is 0.346 e. The maximum absolute atomic E-state index is 12.1. The van der Waals surface area contributed by atoms with E-state index in [9.17, 15) is 9.90 Å². The topological polar surface area (TPSA) is 72.7 Å². The first kappa shape index (κ1) is 15.7. The van der Waals surface area contributed by atoms with Crippen molar-refractivity contribution in [2.24, 2.45) is 0 Å². The lowest BCUT2D eigenvalue weighted by Crippen LogP contribution is -2.20. The Morgan fingerprint density at radius 1 is 1.52 bits per heavy atom. The van der Waals surface area contributed by atoms with Crippen molar-refractivity contribution in [2.75, 3.05) is 18.5 Å². The van der Waals surface area contributed by atoms with Crippen molar-refractivity contribution in [3.8, 4) is 0 Å². The van der Waals surface area contributed by atoms with E-state index >= 15 is 0 Å². The van der Waals surface area contributed by atoms with Crippen molar-refractivity contribution in [3.05, 3.63) is 34.4 Å². The van der Waals surface area contributed by atoms with E-state index < -0.39 is 12.1 Å². The Morgan fingerprint density at radius 2 is 2.29 bits per heavy atom. The van der Waals surface area contributed by atoms with Gasteiger partial charge in [-0.1, -0.05) is 15.9 Å². The van der Waals surface area contributed by atoms with Crippen molar-refractivity contribution in [1.29, 1.82) is 0 Å². The summed E-state index contributed by atoms with van der Waals surface area (Å²) < 4.78 is 5.99. The molecule has 3 N–H and O–H groups in total. The highest BCUT2D eigenvalue weighted by molar-refractivity contribution is 9.10. The molecule has 0 aliphatic rings. The average Bonchev–Trinajstić information content (AvgIpc) is 2.44. The number of ether oxygens (including phenoxy) is 1. The molecule has 1 heterocycles. The van der Waals surface area contributed by atoms with Crippen LogP contribution in [0.25, 0.3) is 10.9 Å². The van der Waals surface area contributed by atoms with Crippen LogP contribution in [0.4, 0.5) is 5.69 Å². The Labute approximate surface area is 131 Å². The van der Waals surface area contributed by atoms with Crippen LogP contribution in [0.2, 0.25) is 0 Å². The number of rotatable bonds is 5. The third-order valence-electron chi connectivity index (χ3n) is 2.96. The summed E-state index contributed by atoms with van der Waals surface area (Å²) in [6.07, 6.45) is 1.10. The summed E-state index contributed by atoms with van der Waals surface area (Å²) in [5, 5.41) is 13.5. The molecule has 1 aromatic heterocycles. The predicted molar refractivity (Wildman–Crippen MR) is 84.3 cm³/mol. The van der Waals surface area contributed by atoms with E-state index in [1.165, 1.54) is 0 Å². The highest BCUT2D eigenvalue weighted by atomic mass is 79.9. The zero-order valence-electron chi connectivity index (χ0n) is 11.9. The molecule has 1 atom stereocenters. The molecule has 0 spiro atoms. The Bertz CT molecular complexity index is 659. The lowest BCUT2D eigenvalue weighted by molar-refractivity contribution is -0.344. The van der Waals surface area contributed by atoms with Crippen LogP contribution in [0.15, 0.2) is 28.9 Å². The molecule has 0 saturated carbocycles. The van der Waals surface area contributed by atoms with Crippen LogP contribution in [-0.2, 0) is 4.74 Å². The fraction of sp³-hybridized carbons (Fsp3) is 0.333. The van der Waals surface area contributed by atoms with Gasteiger partial charge in [-0.15, -0.1) is 0 Å². The standard InChI is InChI=1S/C15H17BrN2O3/c1-3-21-15(20)12-8-17-13-5-4-10(16)6-11(13)14(12)18-7-9(2)19/h4-6,8-9,19H,3,7H2,1-2H3,(H,17,18)/p+1/t9-/m0/s1. The zero-order valence-corrected chi connectivity index (χ0v) is 13.5. The second kappa shape index (κ2) is 6.87. The SMILES string of the molecule is CCOC(=O)c1c[nH+]c2ccc(Br)cc2c1NC[C@H](C)O. The molecular weight excluding hydrogens is 336 g/mol. The van der Waals surface area contributed by atoms with E-state index in [2.05, 4.69) is 26.2 Å². The molecule has 6 heteroatoms. The Hall–Kier alpha value is -1.66. The number of nitrogens with one attached hydrogen (secondary N) is 2. The molecule has 0 unspecified atom stereocenters. The van der Waals surface area contributed by atoms with Gasteiger partial charge in [0.25, 0.3) is 0 Å². The number of aliphatic hydroxyl groups is 1. The number of fused-ring (bicyclic) bond motifs is 1. The predicted octanol–water partition coefficient (Wildman–Crippen LogP) is 2.39. The Balaban J connectivity index is 2.55. The number of carbonyl (C=O) groups excluding carboxylic acids is 1. The molecule has 112 valence electrons. The van der Waals surface area contributed by atoms with Crippen molar-refractivity contribution in [3.63, 3.8) is 0 Å². The molecule has 0 fully saturated rings. The second-order valence-corrected chi connectivity index (χ2v) is 5.63. The van der Waals surface area contributed by atoms with Gasteiger partial charge in [0.2, 0.25) is 5.52 Å². The molecule has 0 aliphatic carbocycles. The normalized spacial score (nSPS) is 12.2. The molecule has 0 bridgehead atoms. The molecule has 0 aliphatic heterocycles. The molecule has 0 radical (unpaired) electrons. The van der Waals surface area contributed by atoms with Crippen molar-refractivity contribution < 1.29 is 19.6 Å². The number of aromatic amines is 1. The summed E-state index contributed by atoms with van der Waals surface area (Å²) in [6, 6.07) is 5.75. The number of anilines is 1. The van der Waals surface area contributed by atoms with Crippen LogP contribution in [0.1, 0.15) is 24.2 Å². The fourth-order valence-electron chi connectivity index (χ4n) is 2.03. The van der Waals surface area contributed by atoms with Crippen LogP contribution in [0.5, 0.6) is 0 Å². The van der Waals surface area contributed by atoms with Crippen LogP contribution in [0, 0.1) is 0 Å². The summed E-state index contributed by atoms with van der Waals surface area (Å²) in [6.45, 7) is 4.11. The van der Waals surface area contributed by atoms with Crippen LogP contribution < -0.4 is 10.3 Å². The van der Waals surface area contributed by atoms with E-state index in [0.717, 1.165) is 15.4 Å². The van der Waals surface area contributed by atoms with Gasteiger partial charge in [-0.25, -0.2) is 9.78 Å². The molecule has 2 aromatic rings. The highest BCUT2D eigenvalue weighted by Gasteiger charge is 2.20. The Morgan fingerprint density at radius 3 is 2.95 bits per heavy atom.